The van der Waals surface area contributed by atoms with Crippen molar-refractivity contribution in [3.8, 4) is 17.3 Å². The fraction of sp³-hybridized carbons (Fsp3) is 0.278. The second-order valence-corrected chi connectivity index (χ2v) is 5.08. The molecule has 2 aromatic rings. The van der Waals surface area contributed by atoms with E-state index in [1.165, 1.54) is 0 Å². The van der Waals surface area contributed by atoms with Gasteiger partial charge in [0.25, 0.3) is 5.91 Å². The molecule has 1 N–H and O–H groups in total. The molecule has 1 heterocycles. The third-order valence-electron chi connectivity index (χ3n) is 3.36. The monoisotopic (exact) mass is 308 g/mol. The van der Waals surface area contributed by atoms with Gasteiger partial charge in [-0.1, -0.05) is 37.3 Å². The normalized spacial score (nSPS) is 11.1. The standard InChI is InChI=1S/C18H20N4O/c1-3-10-20-18(23)15(12-19)11-16-13-22(4-2)21-17(16)14-8-6-5-7-9-14/h5-9,11,13H,3-4,10H2,1-2H3,(H,20,23)/b15-11+. The summed E-state index contributed by atoms with van der Waals surface area (Å²) in [7, 11) is 0. The molecule has 0 spiro atoms. The fourth-order valence-electron chi connectivity index (χ4n) is 2.16. The molecule has 0 bridgehead atoms. The van der Waals surface area contributed by atoms with Crippen molar-refractivity contribution < 1.29 is 4.79 Å². The van der Waals surface area contributed by atoms with E-state index in [2.05, 4.69) is 10.4 Å². The van der Waals surface area contributed by atoms with E-state index in [4.69, 9.17) is 0 Å². The highest BCUT2D eigenvalue weighted by Gasteiger charge is 2.13. The minimum absolute atomic E-state index is 0.0892. The molecule has 0 radical (unpaired) electrons. The number of nitriles is 1. The molecule has 5 heteroatoms. The Morgan fingerprint density at radius 1 is 1.35 bits per heavy atom. The zero-order valence-electron chi connectivity index (χ0n) is 13.4. The predicted octanol–water partition coefficient (Wildman–Crippen LogP) is 3.00. The number of amides is 1. The van der Waals surface area contributed by atoms with E-state index >= 15 is 0 Å². The van der Waals surface area contributed by atoms with Crippen LogP contribution in [0.4, 0.5) is 0 Å². The molecular weight excluding hydrogens is 288 g/mol. The van der Waals surface area contributed by atoms with Crippen LogP contribution < -0.4 is 5.32 Å². The number of nitrogens with one attached hydrogen (secondary N) is 1. The van der Waals surface area contributed by atoms with Gasteiger partial charge in [0.2, 0.25) is 0 Å². The van der Waals surface area contributed by atoms with Crippen molar-refractivity contribution in [3.63, 3.8) is 0 Å². The summed E-state index contributed by atoms with van der Waals surface area (Å²) >= 11 is 0. The third kappa shape index (κ3) is 4.07. The molecule has 0 fully saturated rings. The van der Waals surface area contributed by atoms with E-state index in [-0.39, 0.29) is 11.5 Å². The Morgan fingerprint density at radius 3 is 2.70 bits per heavy atom. The van der Waals surface area contributed by atoms with Gasteiger partial charge in [-0.25, -0.2) is 0 Å². The summed E-state index contributed by atoms with van der Waals surface area (Å²) < 4.78 is 1.80. The van der Waals surface area contributed by atoms with E-state index in [9.17, 15) is 10.1 Å². The Balaban J connectivity index is 2.42. The molecular formula is C18H20N4O. The van der Waals surface area contributed by atoms with Crippen LogP contribution in [0.5, 0.6) is 0 Å². The van der Waals surface area contributed by atoms with Crippen molar-refractivity contribution in [1.29, 1.82) is 5.26 Å². The minimum Gasteiger partial charge on any atom is -0.351 e. The molecule has 0 aliphatic rings. The zero-order chi connectivity index (χ0) is 16.7. The van der Waals surface area contributed by atoms with Crippen LogP contribution in [0.25, 0.3) is 17.3 Å². The van der Waals surface area contributed by atoms with Gasteiger partial charge in [-0.2, -0.15) is 10.4 Å². The molecule has 0 aliphatic heterocycles. The average Bonchev–Trinajstić information content (AvgIpc) is 3.01. The van der Waals surface area contributed by atoms with Gasteiger partial charge in [0.1, 0.15) is 11.6 Å². The Labute approximate surface area is 136 Å². The SMILES string of the molecule is CCCNC(=O)/C(C#N)=C/c1cn(CC)nc1-c1ccccc1. The molecule has 0 unspecified atom stereocenters. The quantitative estimate of drug-likeness (QED) is 0.658. The molecule has 0 atom stereocenters. The maximum absolute atomic E-state index is 12.0. The molecule has 5 nitrogen and oxygen atoms in total. The smallest absolute Gasteiger partial charge is 0.261 e. The van der Waals surface area contributed by atoms with Gasteiger partial charge in [-0.3, -0.25) is 9.48 Å². The van der Waals surface area contributed by atoms with E-state index < -0.39 is 0 Å². The highest BCUT2D eigenvalue weighted by Crippen LogP contribution is 2.24. The van der Waals surface area contributed by atoms with Crippen LogP contribution in [0.3, 0.4) is 0 Å². The number of nitrogens with zero attached hydrogens (tertiary/aromatic N) is 3. The number of hydrogen-bond acceptors (Lipinski definition) is 3. The minimum atomic E-state index is -0.349. The van der Waals surface area contributed by atoms with Crippen molar-refractivity contribution in [3.05, 3.63) is 47.7 Å². The molecule has 1 amide bonds. The predicted molar refractivity (Wildman–Crippen MR) is 90.2 cm³/mol. The summed E-state index contributed by atoms with van der Waals surface area (Å²) in [6, 6.07) is 11.7. The number of aromatic nitrogens is 2. The lowest BCUT2D eigenvalue weighted by Gasteiger charge is -2.02. The largest absolute Gasteiger partial charge is 0.351 e. The second-order valence-electron chi connectivity index (χ2n) is 5.08. The third-order valence-corrected chi connectivity index (χ3v) is 3.36. The first-order valence-electron chi connectivity index (χ1n) is 7.72. The van der Waals surface area contributed by atoms with E-state index in [1.807, 2.05) is 56.4 Å². The van der Waals surface area contributed by atoms with Gasteiger partial charge in [-0.15, -0.1) is 0 Å². The van der Waals surface area contributed by atoms with Gasteiger partial charge >= 0.3 is 0 Å². The number of carbonyl (C=O) groups excluding carboxylic acids is 1. The lowest BCUT2D eigenvalue weighted by atomic mass is 10.1. The van der Waals surface area contributed by atoms with E-state index in [0.717, 1.165) is 29.8 Å². The molecule has 0 saturated heterocycles. The molecule has 23 heavy (non-hydrogen) atoms. The lowest BCUT2D eigenvalue weighted by Crippen LogP contribution is -2.25. The van der Waals surface area contributed by atoms with Crippen molar-refractivity contribution in [1.82, 2.24) is 15.1 Å². The summed E-state index contributed by atoms with van der Waals surface area (Å²) in [6.07, 6.45) is 4.28. The molecule has 0 aliphatic carbocycles. The number of hydrogen-bond donors (Lipinski definition) is 1. The summed E-state index contributed by atoms with van der Waals surface area (Å²) in [5.41, 5.74) is 2.58. The van der Waals surface area contributed by atoms with Crippen molar-refractivity contribution in [2.24, 2.45) is 0 Å². The van der Waals surface area contributed by atoms with E-state index in [1.54, 1.807) is 10.8 Å². The Kier molecular flexibility index (Phi) is 5.70. The van der Waals surface area contributed by atoms with Crippen LogP contribution in [0.15, 0.2) is 42.1 Å². The number of carbonyl (C=O) groups is 1. The van der Waals surface area contributed by atoms with Gasteiger partial charge in [0.15, 0.2) is 0 Å². The van der Waals surface area contributed by atoms with Crippen LogP contribution >= 0.6 is 0 Å². The van der Waals surface area contributed by atoms with Crippen molar-refractivity contribution >= 4 is 12.0 Å². The highest BCUT2D eigenvalue weighted by molar-refractivity contribution is 6.02. The van der Waals surface area contributed by atoms with Gasteiger partial charge in [0.05, 0.1) is 5.69 Å². The summed E-state index contributed by atoms with van der Waals surface area (Å²) in [5, 5.41) is 16.5. The Morgan fingerprint density at radius 2 is 2.09 bits per heavy atom. The van der Waals surface area contributed by atoms with Crippen LogP contribution in [0, 0.1) is 11.3 Å². The van der Waals surface area contributed by atoms with Gasteiger partial charge in [0, 0.05) is 30.4 Å². The maximum atomic E-state index is 12.0. The zero-order valence-corrected chi connectivity index (χ0v) is 13.4. The van der Waals surface area contributed by atoms with E-state index in [0.29, 0.717) is 6.54 Å². The van der Waals surface area contributed by atoms with Crippen molar-refractivity contribution in [2.75, 3.05) is 6.54 Å². The molecule has 1 aromatic carbocycles. The van der Waals surface area contributed by atoms with Gasteiger partial charge in [-0.05, 0) is 19.4 Å². The lowest BCUT2D eigenvalue weighted by molar-refractivity contribution is -0.117. The highest BCUT2D eigenvalue weighted by atomic mass is 16.1. The molecule has 0 saturated carbocycles. The number of benzene rings is 1. The molecule has 1 aromatic heterocycles. The van der Waals surface area contributed by atoms with Crippen LogP contribution in [0.2, 0.25) is 0 Å². The Bertz CT molecular complexity index is 738. The Hall–Kier alpha value is -2.87. The average molecular weight is 308 g/mol. The number of rotatable bonds is 6. The topological polar surface area (TPSA) is 70.7 Å². The first kappa shape index (κ1) is 16.5. The van der Waals surface area contributed by atoms with Crippen LogP contribution in [-0.2, 0) is 11.3 Å². The fourth-order valence-corrected chi connectivity index (χ4v) is 2.16. The first-order valence-corrected chi connectivity index (χ1v) is 7.72. The second kappa shape index (κ2) is 7.95. The van der Waals surface area contributed by atoms with Crippen molar-refractivity contribution in [2.45, 2.75) is 26.8 Å². The first-order chi connectivity index (χ1) is 11.2. The van der Waals surface area contributed by atoms with Gasteiger partial charge < -0.3 is 5.32 Å². The van der Waals surface area contributed by atoms with Crippen LogP contribution in [-0.4, -0.2) is 22.2 Å². The summed E-state index contributed by atoms with van der Waals surface area (Å²) in [4.78, 5) is 12.0. The van der Waals surface area contributed by atoms with Crippen LogP contribution in [0.1, 0.15) is 25.8 Å². The number of aryl methyl sites for hydroxylation is 1. The molecule has 118 valence electrons. The summed E-state index contributed by atoms with van der Waals surface area (Å²) in [5.74, 6) is -0.349. The molecule has 2 rings (SSSR count). The maximum Gasteiger partial charge on any atom is 0.261 e. The summed E-state index contributed by atoms with van der Waals surface area (Å²) in [6.45, 7) is 5.23.